The van der Waals surface area contributed by atoms with Crippen molar-refractivity contribution in [2.24, 2.45) is 28.2 Å². The molecule has 9 saturated heterocycles. The van der Waals surface area contributed by atoms with Gasteiger partial charge in [0, 0.05) is 125 Å². The Morgan fingerprint density at radius 2 is 0.735 bits per heavy atom. The topological polar surface area (TPSA) is 474 Å². The number of fused-ring (bicyclic) bond motifs is 4. The van der Waals surface area contributed by atoms with Crippen LogP contribution in [0.4, 0.5) is 14.4 Å². The molecule has 43 heteroatoms. The van der Waals surface area contributed by atoms with Crippen molar-refractivity contribution in [1.82, 2.24) is 84.0 Å². The van der Waals surface area contributed by atoms with Gasteiger partial charge in [-0.25, -0.2) is 33.6 Å². The number of nitrogens with zero attached hydrogens (tertiary/aromatic N) is 11. The van der Waals surface area contributed by atoms with E-state index in [1.807, 2.05) is 117 Å². The summed E-state index contributed by atoms with van der Waals surface area (Å²) in [5, 5.41) is 12.6. The fourth-order valence-electron chi connectivity index (χ4n) is 18.8. The van der Waals surface area contributed by atoms with Crippen molar-refractivity contribution in [2.45, 2.75) is 276 Å². The quantitative estimate of drug-likeness (QED) is 0.0153. The second-order valence-electron chi connectivity index (χ2n) is 39.9. The molecule has 0 bridgehead atoms. The molecule has 0 aliphatic carbocycles. The number of benzene rings is 4. The molecule has 147 heavy (non-hydrogen) atoms. The summed E-state index contributed by atoms with van der Waals surface area (Å²) >= 11 is 3.42. The Bertz CT molecular complexity index is 6340. The number of halogens is 2. The molecule has 8 aromatic rings. The number of ether oxygens (including phenoxy) is 8. The molecule has 5 unspecified atom stereocenters. The first-order valence-electron chi connectivity index (χ1n) is 51.0. The van der Waals surface area contributed by atoms with Crippen molar-refractivity contribution in [2.75, 3.05) is 92.0 Å². The largest absolute Gasteiger partial charge is 0.444 e. The standard InChI is InChI=1S/C26H36N4O6.C26H32N4O6.C21H28N4O4.C13H12BrN3O3.C13H21NO3.C4H8O.CH4.ClH.H3N.H3P/c2*1-26(2,3)36-25(34)29-14-12-18(13-15-29)35-16-6-8-17-7-5-9-19-22(17)28(4)24(33)30(19)20-10-11-21(31)27-23(20)32;1-24-19-14(5-3-13-29-15-9-11-22-12-10-15)4-2-6-16(19)25(21(24)28)17-7-8-18(26)23-20(17)27;1-16-11-7(14)3-2-4-8(11)17(13(16)20)9-5-6-10(18)15-12(9)19;1-5-10-16-11-6-8-14(9-7-11)12(15)17-13(2,3)4;1-2-4-5-3-1;;;;/h5,7,9,18,20H,6,8,10-16H2,1-4H3,(H,27,31,32);5,7,9,18,20H,10-16H2,1-4H3,(H,27,31,32);2,4,6,15,17,22H,3,5,7-13H2,1H3,(H,23,26,27);2-4,9H,5-6H2,1H3,(H,15,18,19);1,11H,6-10H2,2-4H3;1-4H2;1H4;1H;2*1H3/i;;;;;;1T;;;/hT. The van der Waals surface area contributed by atoms with Gasteiger partial charge in [0.2, 0.25) is 47.3 Å². The minimum absolute atomic E-state index is 0. The van der Waals surface area contributed by atoms with Crippen LogP contribution in [0.1, 0.15) is 240 Å². The highest BCUT2D eigenvalue weighted by molar-refractivity contribution is 9.10. The van der Waals surface area contributed by atoms with Crippen molar-refractivity contribution in [3.05, 3.63) is 136 Å². The van der Waals surface area contributed by atoms with Crippen LogP contribution in [0.5, 0.6) is 0 Å². The number of hydrogen-bond donors (Lipinski definition) is 6. The Morgan fingerprint density at radius 3 is 1.06 bits per heavy atom. The number of carbonyl (C=O) groups excluding carboxylic acids is 11. The molecule has 11 amide bonds. The highest BCUT2D eigenvalue weighted by Gasteiger charge is 2.39. The third kappa shape index (κ3) is 32.0. The van der Waals surface area contributed by atoms with Gasteiger partial charge in [-0.3, -0.25) is 96.2 Å². The molecule has 13 heterocycles. The molecule has 8 N–H and O–H groups in total. The summed E-state index contributed by atoms with van der Waals surface area (Å²) in [6.07, 6.45) is 23.3. The fraction of sp³-hybridized carbons (Fsp3) is 0.587. The first kappa shape index (κ1) is 117. The van der Waals surface area contributed by atoms with E-state index in [-0.39, 0.29) is 144 Å². The van der Waals surface area contributed by atoms with E-state index in [0.717, 1.165) is 128 Å². The van der Waals surface area contributed by atoms with Gasteiger partial charge in [0.05, 0.1) is 74.1 Å². The van der Waals surface area contributed by atoms with E-state index >= 15 is 0 Å². The van der Waals surface area contributed by atoms with E-state index in [0.29, 0.717) is 125 Å². The highest BCUT2D eigenvalue weighted by Crippen LogP contribution is 2.33. The predicted molar refractivity (Wildman–Crippen MR) is 567 cm³/mol. The van der Waals surface area contributed by atoms with E-state index in [1.165, 1.54) is 47.6 Å². The molecule has 4 aromatic heterocycles. The van der Waals surface area contributed by atoms with Gasteiger partial charge in [0.15, 0.2) is 0 Å². The Kier molecular flexibility index (Phi) is 43.9. The van der Waals surface area contributed by atoms with Crippen LogP contribution in [0.3, 0.4) is 0 Å². The van der Waals surface area contributed by atoms with Crippen molar-refractivity contribution in [3.8, 4) is 24.2 Å². The summed E-state index contributed by atoms with van der Waals surface area (Å²) in [6.45, 7) is 26.3. The first-order chi connectivity index (χ1) is 70.1. The zero-order valence-corrected chi connectivity index (χ0v) is 90.8. The third-order valence-electron chi connectivity index (χ3n) is 25.9. The highest BCUT2D eigenvalue weighted by atomic mass is 79.9. The Morgan fingerprint density at radius 1 is 0.435 bits per heavy atom. The number of carbonyl (C=O) groups is 11. The van der Waals surface area contributed by atoms with E-state index < -0.39 is 64.6 Å². The molecule has 4 aromatic carbocycles. The maximum absolute atomic E-state index is 13.1. The van der Waals surface area contributed by atoms with Gasteiger partial charge < -0.3 is 64.1 Å². The number of terminal acetylenes is 1. The van der Waals surface area contributed by atoms with Crippen LogP contribution in [0.15, 0.2) is 96.4 Å². The lowest BCUT2D eigenvalue weighted by Gasteiger charge is -2.33. The van der Waals surface area contributed by atoms with E-state index in [9.17, 15) is 71.9 Å². The summed E-state index contributed by atoms with van der Waals surface area (Å²) in [7, 11) is 8.01. The van der Waals surface area contributed by atoms with Gasteiger partial charge in [-0.2, -0.15) is 9.90 Å². The summed E-state index contributed by atoms with van der Waals surface area (Å²) in [5.41, 5.74) is 5.94. The van der Waals surface area contributed by atoms with Crippen LogP contribution >= 0.6 is 38.2 Å². The van der Waals surface area contributed by atoms with Gasteiger partial charge in [-0.1, -0.05) is 61.6 Å². The Balaban J connectivity index is 0.000000226. The third-order valence-corrected chi connectivity index (χ3v) is 26.6. The van der Waals surface area contributed by atoms with Gasteiger partial charge in [-0.15, -0.1) is 18.8 Å². The fourth-order valence-corrected chi connectivity index (χ4v) is 19.5. The molecule has 5 atom stereocenters. The molecular formula is C104H148BrClN17O23P. The maximum Gasteiger partial charge on any atom is 0.410 e. The van der Waals surface area contributed by atoms with Crippen LogP contribution in [-0.4, -0.2) is 250 Å². The van der Waals surface area contributed by atoms with Crippen LogP contribution in [0.2, 0.25) is 1.41 Å². The van der Waals surface area contributed by atoms with E-state index in [1.54, 1.807) is 70.2 Å². The molecule has 0 saturated carbocycles. The molecule has 0 spiro atoms. The summed E-state index contributed by atoms with van der Waals surface area (Å²) in [6, 6.07) is 19.7. The van der Waals surface area contributed by atoms with E-state index in [2.05, 4.69) is 66.4 Å². The predicted octanol–water partition coefficient (Wildman–Crippen LogP) is 11.0. The van der Waals surface area contributed by atoms with Crippen molar-refractivity contribution in [1.29, 1.82) is 0 Å². The first-order valence-corrected chi connectivity index (χ1v) is 50.3. The SMILES string of the molecule is C#CCOC1CCN(C(=O)OC(C)(C)C)CC1.C1CCOC1.Cl.Cn1c(=O)n(C2CCC(=O)NC2=O)c2cccc(Br)c21.Cn1c(=O)n(C2CCC(=O)NC2=O)c2cccc(C#CCOC3CCN(C(=O)OC(C)(C)C)CC3)c21.Cn1c(=O)n(C2CCC(=O)NC2=O)c2cccc(CCCOC3CCN(C(=O)OC(C)(C)C)CC3)c21.Cn1c(=O)n(C2CCC(=O)NC2=O)c2cccc(CCCOC3CCNCC3)c21.P.[3H]C.[3H]N. The second kappa shape index (κ2) is 55.0. The van der Waals surface area contributed by atoms with Gasteiger partial charge >= 0.3 is 41.0 Å². The van der Waals surface area contributed by atoms with E-state index in [4.69, 9.17) is 47.1 Å². The number of hydrogen-bond acceptors (Lipinski definition) is 25. The smallest absolute Gasteiger partial charge is 0.410 e. The normalized spacial score (nSPS) is 19.2. The molecular weight excluding hydrogens is 2000 g/mol. The molecule has 9 aliphatic heterocycles. The lowest BCUT2D eigenvalue weighted by molar-refractivity contribution is -0.137. The van der Waals surface area contributed by atoms with Crippen molar-refractivity contribution >= 4 is 148 Å². The number of amides is 11. The average molecular weight is 2150 g/mol. The minimum atomic E-state index is -0.739. The number of imidazole rings is 4. The number of aromatic nitrogens is 8. The number of aryl methyl sites for hydroxylation is 6. The summed E-state index contributed by atoms with van der Waals surface area (Å²) < 4.78 is 68.5. The van der Waals surface area contributed by atoms with Gasteiger partial charge in [0.1, 0.15) is 55.6 Å². The lowest BCUT2D eigenvalue weighted by atomic mass is 10.0. The molecule has 9 fully saturated rings. The number of rotatable bonds is 18. The summed E-state index contributed by atoms with van der Waals surface area (Å²) in [5.74, 6) is 5.64. The number of imide groups is 4. The zero-order valence-electron chi connectivity index (χ0n) is 89.0. The Labute approximate surface area is 877 Å². The molecule has 806 valence electrons. The monoisotopic (exact) mass is 2150 g/mol. The number of piperidine rings is 8. The molecule has 0 radical (unpaired) electrons. The van der Waals surface area contributed by atoms with Crippen molar-refractivity contribution in [3.63, 3.8) is 0 Å². The lowest BCUT2D eigenvalue weighted by Crippen LogP contribution is -2.44. The average Bonchev–Trinajstić information content (AvgIpc) is 1.61. The maximum atomic E-state index is 13.1. The van der Waals surface area contributed by atoms with Crippen LogP contribution in [-0.2, 0) is 117 Å². The van der Waals surface area contributed by atoms with Crippen LogP contribution < -0.4 is 55.5 Å². The van der Waals surface area contributed by atoms with Crippen LogP contribution in [0.25, 0.3) is 44.1 Å². The minimum Gasteiger partial charge on any atom is -0.444 e. The van der Waals surface area contributed by atoms with Crippen molar-refractivity contribution < 1.29 is 93.4 Å². The van der Waals surface area contributed by atoms with Crippen LogP contribution in [0, 0.1) is 24.2 Å². The number of para-hydroxylation sites is 4. The number of nitrogens with one attached hydrogen (secondary N) is 5. The zero-order chi connectivity index (χ0) is 107. The molecule has 40 nitrogen and oxygen atoms in total. The second-order valence-corrected chi connectivity index (χ2v) is 40.8. The molecule has 9 aliphatic rings. The summed E-state index contributed by atoms with van der Waals surface area (Å²) in [4.78, 5) is 188. The molecule has 17 rings (SSSR count). The Hall–Kier alpha value is -11.6. The van der Waals surface area contributed by atoms with Gasteiger partial charge in [0.25, 0.3) is 0 Å². The van der Waals surface area contributed by atoms with Gasteiger partial charge in [-0.05, 0) is 254 Å². The number of likely N-dealkylation sites (tertiary alicyclic amines) is 3.